The second-order valence-electron chi connectivity index (χ2n) is 7.20. The zero-order valence-corrected chi connectivity index (χ0v) is 13.3. The molecule has 0 bridgehead atoms. The Morgan fingerprint density at radius 3 is 2.52 bits per heavy atom. The van der Waals surface area contributed by atoms with Crippen LogP contribution in [0.1, 0.15) is 68.2 Å². The van der Waals surface area contributed by atoms with E-state index < -0.39 is 0 Å². The van der Waals surface area contributed by atoms with Crippen molar-refractivity contribution >= 4 is 0 Å². The van der Waals surface area contributed by atoms with Gasteiger partial charge < -0.3 is 10.4 Å². The number of hydrogen-bond donors (Lipinski definition) is 2. The van der Waals surface area contributed by atoms with Crippen molar-refractivity contribution in [2.24, 2.45) is 5.41 Å². The zero-order valence-electron chi connectivity index (χ0n) is 13.3. The quantitative estimate of drug-likeness (QED) is 0.864. The Balaban J connectivity index is 1.63. The Morgan fingerprint density at radius 2 is 1.81 bits per heavy atom. The fourth-order valence-corrected chi connectivity index (χ4v) is 4.03. The highest BCUT2D eigenvalue weighted by molar-refractivity contribution is 5.35. The lowest BCUT2D eigenvalue weighted by molar-refractivity contribution is 0.125. The first-order valence-electron chi connectivity index (χ1n) is 8.68. The SMILES string of the molecule is CC(NCC1(CO)CCCC1)c1ccc2c(c1)CCCC2. The lowest BCUT2D eigenvalue weighted by Gasteiger charge is -2.29. The average molecular weight is 287 g/mol. The summed E-state index contributed by atoms with van der Waals surface area (Å²) in [6.07, 6.45) is 10.1. The molecule has 1 fully saturated rings. The lowest BCUT2D eigenvalue weighted by Crippen LogP contribution is -2.36. The third-order valence-electron chi connectivity index (χ3n) is 5.66. The van der Waals surface area contributed by atoms with Gasteiger partial charge in [0.15, 0.2) is 0 Å². The Morgan fingerprint density at radius 1 is 1.10 bits per heavy atom. The maximum absolute atomic E-state index is 9.72. The molecule has 2 heteroatoms. The van der Waals surface area contributed by atoms with Gasteiger partial charge in [-0.05, 0) is 62.1 Å². The van der Waals surface area contributed by atoms with Gasteiger partial charge in [0.1, 0.15) is 0 Å². The summed E-state index contributed by atoms with van der Waals surface area (Å²) in [5.74, 6) is 0. The predicted octanol–water partition coefficient (Wildman–Crippen LogP) is 3.77. The average Bonchev–Trinajstić information content (AvgIpc) is 3.01. The van der Waals surface area contributed by atoms with Crippen LogP contribution in [0, 0.1) is 5.41 Å². The Hall–Kier alpha value is -0.860. The number of aryl methyl sites for hydroxylation is 2. The van der Waals surface area contributed by atoms with Crippen LogP contribution in [0.2, 0.25) is 0 Å². The summed E-state index contributed by atoms with van der Waals surface area (Å²) >= 11 is 0. The summed E-state index contributed by atoms with van der Waals surface area (Å²) in [7, 11) is 0. The summed E-state index contributed by atoms with van der Waals surface area (Å²) in [6.45, 7) is 3.53. The molecule has 0 spiro atoms. The minimum absolute atomic E-state index is 0.141. The molecule has 1 unspecified atom stereocenters. The van der Waals surface area contributed by atoms with Gasteiger partial charge in [-0.15, -0.1) is 0 Å². The van der Waals surface area contributed by atoms with Gasteiger partial charge in [0.25, 0.3) is 0 Å². The third kappa shape index (κ3) is 3.32. The monoisotopic (exact) mass is 287 g/mol. The highest BCUT2D eigenvalue weighted by Crippen LogP contribution is 2.37. The zero-order chi connectivity index (χ0) is 14.7. The summed E-state index contributed by atoms with van der Waals surface area (Å²) in [5.41, 5.74) is 4.66. The standard InChI is InChI=1S/C19H29NO/c1-15(20-13-19(14-21)10-4-5-11-19)17-9-8-16-6-2-3-7-18(16)12-17/h8-9,12,15,20-21H,2-7,10-11,13-14H2,1H3. The molecule has 116 valence electrons. The Bertz CT molecular complexity index is 476. The van der Waals surface area contributed by atoms with Crippen LogP contribution in [-0.2, 0) is 12.8 Å². The number of aliphatic hydroxyl groups is 1. The topological polar surface area (TPSA) is 32.3 Å². The number of rotatable bonds is 5. The van der Waals surface area contributed by atoms with Gasteiger partial charge in [0, 0.05) is 24.6 Å². The minimum Gasteiger partial charge on any atom is -0.396 e. The van der Waals surface area contributed by atoms with Crippen LogP contribution in [0.5, 0.6) is 0 Å². The largest absolute Gasteiger partial charge is 0.396 e. The molecule has 1 aromatic rings. The second kappa shape index (κ2) is 6.50. The molecule has 0 radical (unpaired) electrons. The van der Waals surface area contributed by atoms with E-state index in [0.29, 0.717) is 12.6 Å². The molecular formula is C19H29NO. The molecule has 1 atom stereocenters. The van der Waals surface area contributed by atoms with E-state index in [1.165, 1.54) is 56.9 Å². The Kier molecular flexibility index (Phi) is 4.66. The molecule has 2 aliphatic carbocycles. The van der Waals surface area contributed by atoms with Gasteiger partial charge in [-0.2, -0.15) is 0 Å². The molecule has 2 N–H and O–H groups in total. The molecule has 0 aromatic heterocycles. The molecule has 3 rings (SSSR count). The van der Waals surface area contributed by atoms with E-state index >= 15 is 0 Å². The second-order valence-corrected chi connectivity index (χ2v) is 7.20. The Labute approximate surface area is 129 Å². The summed E-state index contributed by atoms with van der Waals surface area (Å²) in [6, 6.07) is 7.41. The number of hydrogen-bond acceptors (Lipinski definition) is 2. The van der Waals surface area contributed by atoms with Crippen molar-refractivity contribution in [3.05, 3.63) is 34.9 Å². The molecule has 1 saturated carbocycles. The third-order valence-corrected chi connectivity index (χ3v) is 5.66. The van der Waals surface area contributed by atoms with E-state index in [-0.39, 0.29) is 5.41 Å². The highest BCUT2D eigenvalue weighted by atomic mass is 16.3. The number of aliphatic hydroxyl groups excluding tert-OH is 1. The first-order chi connectivity index (χ1) is 10.2. The molecule has 1 aromatic carbocycles. The van der Waals surface area contributed by atoms with E-state index in [4.69, 9.17) is 0 Å². The van der Waals surface area contributed by atoms with Crippen molar-refractivity contribution in [1.82, 2.24) is 5.32 Å². The fraction of sp³-hybridized carbons (Fsp3) is 0.684. The maximum atomic E-state index is 9.72. The van der Waals surface area contributed by atoms with Crippen LogP contribution in [-0.4, -0.2) is 18.3 Å². The van der Waals surface area contributed by atoms with Crippen LogP contribution < -0.4 is 5.32 Å². The van der Waals surface area contributed by atoms with E-state index in [0.717, 1.165) is 6.54 Å². The van der Waals surface area contributed by atoms with E-state index in [9.17, 15) is 5.11 Å². The van der Waals surface area contributed by atoms with E-state index in [1.807, 2.05) is 0 Å². The van der Waals surface area contributed by atoms with Gasteiger partial charge in [-0.3, -0.25) is 0 Å². The van der Waals surface area contributed by atoms with Crippen LogP contribution in [0.4, 0.5) is 0 Å². The summed E-state index contributed by atoms with van der Waals surface area (Å²) < 4.78 is 0. The van der Waals surface area contributed by atoms with Crippen LogP contribution in [0.25, 0.3) is 0 Å². The summed E-state index contributed by atoms with van der Waals surface area (Å²) in [4.78, 5) is 0. The smallest absolute Gasteiger partial charge is 0.0499 e. The van der Waals surface area contributed by atoms with Gasteiger partial charge >= 0.3 is 0 Å². The van der Waals surface area contributed by atoms with Crippen molar-refractivity contribution in [3.8, 4) is 0 Å². The fourth-order valence-electron chi connectivity index (χ4n) is 4.03. The van der Waals surface area contributed by atoms with Gasteiger partial charge in [-0.1, -0.05) is 31.0 Å². The van der Waals surface area contributed by atoms with Gasteiger partial charge in [0.05, 0.1) is 0 Å². The van der Waals surface area contributed by atoms with Crippen molar-refractivity contribution in [1.29, 1.82) is 0 Å². The van der Waals surface area contributed by atoms with Crippen LogP contribution in [0.3, 0.4) is 0 Å². The maximum Gasteiger partial charge on any atom is 0.0499 e. The predicted molar refractivity (Wildman–Crippen MR) is 87.5 cm³/mol. The molecule has 21 heavy (non-hydrogen) atoms. The van der Waals surface area contributed by atoms with Crippen LogP contribution >= 0.6 is 0 Å². The lowest BCUT2D eigenvalue weighted by atomic mass is 9.86. The molecule has 0 saturated heterocycles. The number of benzene rings is 1. The van der Waals surface area contributed by atoms with Gasteiger partial charge in [-0.25, -0.2) is 0 Å². The molecular weight excluding hydrogens is 258 g/mol. The number of fused-ring (bicyclic) bond motifs is 1. The number of nitrogens with one attached hydrogen (secondary N) is 1. The molecule has 0 amide bonds. The first-order valence-corrected chi connectivity index (χ1v) is 8.68. The molecule has 0 heterocycles. The summed E-state index contributed by atoms with van der Waals surface area (Å²) in [5, 5.41) is 13.4. The van der Waals surface area contributed by atoms with E-state index in [1.54, 1.807) is 11.1 Å². The van der Waals surface area contributed by atoms with Crippen molar-refractivity contribution in [3.63, 3.8) is 0 Å². The first kappa shape index (κ1) is 15.1. The molecule has 2 nitrogen and oxygen atoms in total. The molecule has 0 aliphatic heterocycles. The van der Waals surface area contributed by atoms with E-state index in [2.05, 4.69) is 30.4 Å². The highest BCUT2D eigenvalue weighted by Gasteiger charge is 2.33. The van der Waals surface area contributed by atoms with Gasteiger partial charge in [0.2, 0.25) is 0 Å². The van der Waals surface area contributed by atoms with Crippen molar-refractivity contribution in [2.75, 3.05) is 13.2 Å². The molecule has 2 aliphatic rings. The van der Waals surface area contributed by atoms with Crippen molar-refractivity contribution in [2.45, 2.75) is 64.3 Å². The van der Waals surface area contributed by atoms with Crippen molar-refractivity contribution < 1.29 is 5.11 Å². The minimum atomic E-state index is 0.141. The van der Waals surface area contributed by atoms with Crippen LogP contribution in [0.15, 0.2) is 18.2 Å². The normalized spacial score (nSPS) is 22.0.